The SMILES string of the molecule is CCCCC(CCC)C1(C)C=CN=C(C(=O)O)C=C1O. The second-order valence-electron chi connectivity index (χ2n) is 5.58. The van der Waals surface area contributed by atoms with Crippen molar-refractivity contribution in [3.05, 3.63) is 24.1 Å². The molecule has 0 bridgehead atoms. The first kappa shape index (κ1) is 16.5. The molecule has 2 unspecified atom stereocenters. The predicted molar refractivity (Wildman–Crippen MR) is 81.0 cm³/mol. The summed E-state index contributed by atoms with van der Waals surface area (Å²) >= 11 is 0. The Morgan fingerprint density at radius 2 is 2.05 bits per heavy atom. The van der Waals surface area contributed by atoms with Crippen molar-refractivity contribution >= 4 is 11.7 Å². The molecular weight excluding hydrogens is 254 g/mol. The number of aliphatic carboxylic acids is 1. The Balaban J connectivity index is 3.06. The third kappa shape index (κ3) is 3.71. The molecule has 20 heavy (non-hydrogen) atoms. The number of carboxylic acid groups (broad SMARTS) is 1. The van der Waals surface area contributed by atoms with Crippen LogP contribution in [0.25, 0.3) is 0 Å². The van der Waals surface area contributed by atoms with E-state index in [1.807, 2.05) is 13.0 Å². The number of aliphatic hydroxyl groups is 1. The number of rotatable bonds is 7. The van der Waals surface area contributed by atoms with E-state index in [1.54, 1.807) is 0 Å². The molecule has 4 nitrogen and oxygen atoms in total. The summed E-state index contributed by atoms with van der Waals surface area (Å²) < 4.78 is 0. The maximum absolute atomic E-state index is 11.0. The lowest BCUT2D eigenvalue weighted by atomic mass is 9.71. The van der Waals surface area contributed by atoms with E-state index >= 15 is 0 Å². The normalized spacial score (nSPS) is 23.8. The number of allylic oxidation sites excluding steroid dienone is 1. The van der Waals surface area contributed by atoms with Crippen molar-refractivity contribution in [2.45, 2.75) is 52.9 Å². The molecule has 2 atom stereocenters. The smallest absolute Gasteiger partial charge is 0.354 e. The zero-order valence-corrected chi connectivity index (χ0v) is 12.6. The van der Waals surface area contributed by atoms with Crippen LogP contribution in [0.2, 0.25) is 0 Å². The van der Waals surface area contributed by atoms with Gasteiger partial charge in [-0.15, -0.1) is 0 Å². The number of hydrogen-bond donors (Lipinski definition) is 2. The third-order valence-electron chi connectivity index (χ3n) is 4.07. The Labute approximate surface area is 120 Å². The summed E-state index contributed by atoms with van der Waals surface area (Å²) in [6.07, 6.45) is 9.92. The van der Waals surface area contributed by atoms with Gasteiger partial charge in [-0.1, -0.05) is 39.2 Å². The molecule has 0 aromatic carbocycles. The molecule has 0 saturated carbocycles. The largest absolute Gasteiger partial charge is 0.511 e. The summed E-state index contributed by atoms with van der Waals surface area (Å²) in [5, 5.41) is 19.4. The fraction of sp³-hybridized carbons (Fsp3) is 0.625. The van der Waals surface area contributed by atoms with Crippen molar-refractivity contribution in [1.82, 2.24) is 0 Å². The molecule has 1 rings (SSSR count). The van der Waals surface area contributed by atoms with Gasteiger partial charge in [0.05, 0.1) is 0 Å². The average molecular weight is 279 g/mol. The fourth-order valence-electron chi connectivity index (χ4n) is 2.69. The second kappa shape index (κ2) is 7.27. The van der Waals surface area contributed by atoms with Gasteiger partial charge in [0, 0.05) is 17.7 Å². The van der Waals surface area contributed by atoms with E-state index in [2.05, 4.69) is 18.8 Å². The first-order valence-corrected chi connectivity index (χ1v) is 7.35. The topological polar surface area (TPSA) is 69.9 Å². The van der Waals surface area contributed by atoms with Crippen LogP contribution in [-0.4, -0.2) is 21.9 Å². The highest BCUT2D eigenvalue weighted by Crippen LogP contribution is 2.42. The molecule has 0 aromatic rings. The van der Waals surface area contributed by atoms with Crippen molar-refractivity contribution in [3.63, 3.8) is 0 Å². The third-order valence-corrected chi connectivity index (χ3v) is 4.07. The van der Waals surface area contributed by atoms with Gasteiger partial charge in [0.15, 0.2) is 5.71 Å². The van der Waals surface area contributed by atoms with Gasteiger partial charge in [0.25, 0.3) is 0 Å². The van der Waals surface area contributed by atoms with Crippen LogP contribution in [0.1, 0.15) is 52.9 Å². The molecule has 1 heterocycles. The summed E-state index contributed by atoms with van der Waals surface area (Å²) in [4.78, 5) is 14.9. The maximum Gasteiger partial charge on any atom is 0.354 e. The van der Waals surface area contributed by atoms with Crippen LogP contribution in [0.4, 0.5) is 0 Å². The zero-order valence-electron chi connectivity index (χ0n) is 12.6. The molecule has 0 radical (unpaired) electrons. The molecule has 0 spiro atoms. The van der Waals surface area contributed by atoms with Gasteiger partial charge in [-0.25, -0.2) is 9.79 Å². The minimum absolute atomic E-state index is 0.0990. The van der Waals surface area contributed by atoms with E-state index in [4.69, 9.17) is 5.11 Å². The lowest BCUT2D eigenvalue weighted by Gasteiger charge is -2.34. The lowest BCUT2D eigenvalue weighted by Crippen LogP contribution is -2.28. The van der Waals surface area contributed by atoms with Crippen molar-refractivity contribution in [2.24, 2.45) is 16.3 Å². The average Bonchev–Trinajstić information content (AvgIpc) is 2.55. The van der Waals surface area contributed by atoms with Crippen LogP contribution >= 0.6 is 0 Å². The minimum atomic E-state index is -1.12. The molecule has 2 N–H and O–H groups in total. The van der Waals surface area contributed by atoms with E-state index in [1.165, 1.54) is 12.3 Å². The van der Waals surface area contributed by atoms with E-state index in [9.17, 15) is 9.90 Å². The predicted octanol–water partition coefficient (Wildman–Crippen LogP) is 4.09. The van der Waals surface area contributed by atoms with Gasteiger partial charge >= 0.3 is 5.97 Å². The monoisotopic (exact) mass is 279 g/mol. The Kier molecular flexibility index (Phi) is 5.99. The molecule has 0 aromatic heterocycles. The number of unbranched alkanes of at least 4 members (excludes halogenated alkanes) is 1. The number of aliphatic imine (C=N–C) groups is 1. The Hall–Kier alpha value is -1.58. The summed E-state index contributed by atoms with van der Waals surface area (Å²) in [7, 11) is 0. The molecule has 4 heteroatoms. The van der Waals surface area contributed by atoms with Gasteiger partial charge < -0.3 is 10.2 Å². The summed E-state index contributed by atoms with van der Waals surface area (Å²) in [5.41, 5.74) is -0.653. The van der Waals surface area contributed by atoms with Crippen LogP contribution in [0.15, 0.2) is 29.1 Å². The van der Waals surface area contributed by atoms with Crippen molar-refractivity contribution in [1.29, 1.82) is 0 Å². The van der Waals surface area contributed by atoms with Crippen LogP contribution in [0, 0.1) is 11.3 Å². The van der Waals surface area contributed by atoms with Gasteiger partial charge in [0.1, 0.15) is 5.76 Å². The highest BCUT2D eigenvalue weighted by molar-refractivity contribution is 6.40. The number of aliphatic hydroxyl groups excluding tert-OH is 1. The van der Waals surface area contributed by atoms with Crippen molar-refractivity contribution in [3.8, 4) is 0 Å². The van der Waals surface area contributed by atoms with Crippen LogP contribution < -0.4 is 0 Å². The van der Waals surface area contributed by atoms with E-state index in [-0.39, 0.29) is 11.5 Å². The molecule has 0 aliphatic carbocycles. The summed E-state index contributed by atoms with van der Waals surface area (Å²) in [6, 6.07) is 0. The van der Waals surface area contributed by atoms with Crippen molar-refractivity contribution in [2.75, 3.05) is 0 Å². The molecule has 1 aliphatic heterocycles. The molecular formula is C16H25NO3. The minimum Gasteiger partial charge on any atom is -0.511 e. The summed E-state index contributed by atoms with van der Waals surface area (Å²) in [5.74, 6) is -0.726. The molecule has 112 valence electrons. The molecule has 1 aliphatic rings. The first-order chi connectivity index (χ1) is 9.45. The number of nitrogens with zero attached hydrogens (tertiary/aromatic N) is 1. The standard InChI is InChI=1S/C16H25NO3/c1-4-6-8-12(7-5-2)16(3)9-10-17-13(15(19)20)11-14(16)18/h9-12,18H,4-8H2,1-3H3,(H,19,20). The van der Waals surface area contributed by atoms with Gasteiger partial charge in [-0.3, -0.25) is 0 Å². The van der Waals surface area contributed by atoms with Crippen molar-refractivity contribution < 1.29 is 15.0 Å². The van der Waals surface area contributed by atoms with Crippen LogP contribution in [0.3, 0.4) is 0 Å². The maximum atomic E-state index is 11.0. The highest BCUT2D eigenvalue weighted by atomic mass is 16.4. The van der Waals surface area contributed by atoms with Gasteiger partial charge in [-0.05, 0) is 25.7 Å². The number of carbonyl (C=O) groups is 1. The fourth-order valence-corrected chi connectivity index (χ4v) is 2.69. The Morgan fingerprint density at radius 3 is 2.60 bits per heavy atom. The van der Waals surface area contributed by atoms with E-state index in [0.717, 1.165) is 32.1 Å². The Bertz CT molecular complexity index is 437. The molecule has 0 saturated heterocycles. The molecule has 0 amide bonds. The van der Waals surface area contributed by atoms with Crippen LogP contribution in [-0.2, 0) is 4.79 Å². The van der Waals surface area contributed by atoms with E-state index < -0.39 is 11.4 Å². The van der Waals surface area contributed by atoms with Gasteiger partial charge in [0.2, 0.25) is 0 Å². The quantitative estimate of drug-likeness (QED) is 0.737. The first-order valence-electron chi connectivity index (χ1n) is 7.35. The zero-order chi connectivity index (χ0) is 15.2. The van der Waals surface area contributed by atoms with E-state index in [0.29, 0.717) is 5.92 Å². The van der Waals surface area contributed by atoms with Crippen LogP contribution in [0.5, 0.6) is 0 Å². The highest BCUT2D eigenvalue weighted by Gasteiger charge is 2.36. The molecule has 0 fully saturated rings. The Morgan fingerprint density at radius 1 is 1.35 bits per heavy atom. The summed E-state index contributed by atoms with van der Waals surface area (Å²) in [6.45, 7) is 6.24. The number of carboxylic acids is 1. The lowest BCUT2D eigenvalue weighted by molar-refractivity contribution is -0.129. The second-order valence-corrected chi connectivity index (χ2v) is 5.58. The van der Waals surface area contributed by atoms with Gasteiger partial charge in [-0.2, -0.15) is 0 Å². The number of hydrogen-bond acceptors (Lipinski definition) is 3.